The Hall–Kier alpha value is -3.03. The first-order chi connectivity index (χ1) is 17.1. The average Bonchev–Trinajstić information content (AvgIpc) is 2.82. The van der Waals surface area contributed by atoms with Crippen LogP contribution < -0.4 is 4.74 Å². The van der Waals surface area contributed by atoms with E-state index in [1.165, 1.54) is 6.07 Å². The molecular weight excluding hydrogens is 491 g/mol. The number of halogens is 4. The molecule has 0 aliphatic heterocycles. The van der Waals surface area contributed by atoms with Crippen molar-refractivity contribution in [3.8, 4) is 5.75 Å². The van der Waals surface area contributed by atoms with Crippen LogP contribution in [-0.4, -0.2) is 35.7 Å². The molecule has 0 aliphatic carbocycles. The third-order valence-corrected chi connectivity index (χ3v) is 6.27. The molecule has 0 saturated carbocycles. The molecule has 0 saturated heterocycles. The SMILES string of the molecule is C[C@@H](CN(CCCOc1cccc(CC(=O)O)c1)Cc1cccc(C(F)(F)F)c1Cl)c1ccccc1. The molecule has 0 heterocycles. The van der Waals surface area contributed by atoms with Crippen molar-refractivity contribution < 1.29 is 27.8 Å². The summed E-state index contributed by atoms with van der Waals surface area (Å²) >= 11 is 6.17. The Kier molecular flexibility index (Phi) is 9.79. The summed E-state index contributed by atoms with van der Waals surface area (Å²) < 4.78 is 45.9. The molecule has 0 amide bonds. The van der Waals surface area contributed by atoms with Gasteiger partial charge in [-0.2, -0.15) is 13.2 Å². The maximum absolute atomic E-state index is 13.4. The highest BCUT2D eigenvalue weighted by Gasteiger charge is 2.34. The van der Waals surface area contributed by atoms with E-state index in [9.17, 15) is 18.0 Å². The molecule has 0 aliphatic rings. The Balaban J connectivity index is 1.68. The largest absolute Gasteiger partial charge is 0.494 e. The Bertz CT molecular complexity index is 1140. The highest BCUT2D eigenvalue weighted by Crippen LogP contribution is 2.36. The zero-order chi connectivity index (χ0) is 26.1. The summed E-state index contributed by atoms with van der Waals surface area (Å²) in [7, 11) is 0. The van der Waals surface area contributed by atoms with Gasteiger partial charge in [0.15, 0.2) is 0 Å². The molecule has 36 heavy (non-hydrogen) atoms. The summed E-state index contributed by atoms with van der Waals surface area (Å²) in [5.41, 5.74) is 1.39. The van der Waals surface area contributed by atoms with E-state index in [0.717, 1.165) is 11.6 Å². The van der Waals surface area contributed by atoms with E-state index in [1.807, 2.05) is 30.3 Å². The van der Waals surface area contributed by atoms with E-state index in [4.69, 9.17) is 21.4 Å². The lowest BCUT2D eigenvalue weighted by Gasteiger charge is -2.27. The zero-order valence-corrected chi connectivity index (χ0v) is 20.7. The highest BCUT2D eigenvalue weighted by molar-refractivity contribution is 6.32. The minimum atomic E-state index is -4.52. The van der Waals surface area contributed by atoms with Crippen LogP contribution in [-0.2, 0) is 23.9 Å². The number of aliphatic carboxylic acids is 1. The minimum absolute atomic E-state index is 0.0832. The lowest BCUT2D eigenvalue weighted by atomic mass is 10.00. The molecule has 4 nitrogen and oxygen atoms in total. The lowest BCUT2D eigenvalue weighted by Crippen LogP contribution is -2.30. The van der Waals surface area contributed by atoms with E-state index < -0.39 is 17.7 Å². The third-order valence-electron chi connectivity index (χ3n) is 5.82. The molecule has 1 atom stereocenters. The normalized spacial score (nSPS) is 12.5. The van der Waals surface area contributed by atoms with Crippen LogP contribution >= 0.6 is 11.6 Å². The molecule has 0 spiro atoms. The number of carboxylic acids is 1. The Morgan fingerprint density at radius 3 is 2.47 bits per heavy atom. The first kappa shape index (κ1) is 27.6. The summed E-state index contributed by atoms with van der Waals surface area (Å²) in [4.78, 5) is 13.0. The van der Waals surface area contributed by atoms with Gasteiger partial charge in [0.05, 0.1) is 23.6 Å². The van der Waals surface area contributed by atoms with Gasteiger partial charge in [0.1, 0.15) is 5.75 Å². The van der Waals surface area contributed by atoms with Crippen molar-refractivity contribution in [2.75, 3.05) is 19.7 Å². The van der Waals surface area contributed by atoms with Crippen LogP contribution in [0.3, 0.4) is 0 Å². The van der Waals surface area contributed by atoms with Crippen LogP contribution in [0.1, 0.15) is 41.5 Å². The van der Waals surface area contributed by atoms with Crippen LogP contribution in [0.15, 0.2) is 72.8 Å². The summed E-state index contributed by atoms with van der Waals surface area (Å²) in [6.07, 6.45) is -3.97. The van der Waals surface area contributed by atoms with Crippen LogP contribution in [0, 0.1) is 0 Å². The third kappa shape index (κ3) is 8.28. The zero-order valence-electron chi connectivity index (χ0n) is 20.0. The molecule has 3 aromatic rings. The fourth-order valence-corrected chi connectivity index (χ4v) is 4.36. The number of nitrogens with zero attached hydrogens (tertiary/aromatic N) is 1. The van der Waals surface area contributed by atoms with Crippen LogP contribution in [0.25, 0.3) is 0 Å². The second kappa shape index (κ2) is 12.8. The van der Waals surface area contributed by atoms with Crippen molar-refractivity contribution in [2.45, 2.75) is 38.4 Å². The number of hydrogen-bond donors (Lipinski definition) is 1. The molecule has 8 heteroatoms. The number of alkyl halides is 3. The fourth-order valence-electron chi connectivity index (χ4n) is 4.07. The number of carboxylic acid groups (broad SMARTS) is 1. The predicted molar refractivity (Wildman–Crippen MR) is 134 cm³/mol. The first-order valence-corrected chi connectivity index (χ1v) is 12.1. The minimum Gasteiger partial charge on any atom is -0.494 e. The van der Waals surface area contributed by atoms with E-state index in [-0.39, 0.29) is 23.9 Å². The monoisotopic (exact) mass is 519 g/mol. The Labute approximate surface area is 214 Å². The Morgan fingerprint density at radius 2 is 1.78 bits per heavy atom. The van der Waals surface area contributed by atoms with Gasteiger partial charge in [-0.05, 0) is 47.2 Å². The van der Waals surface area contributed by atoms with Gasteiger partial charge in [-0.15, -0.1) is 0 Å². The molecule has 0 unspecified atom stereocenters. The van der Waals surface area contributed by atoms with Gasteiger partial charge in [0.2, 0.25) is 0 Å². The van der Waals surface area contributed by atoms with E-state index in [1.54, 1.807) is 30.3 Å². The molecule has 0 fully saturated rings. The Morgan fingerprint density at radius 1 is 1.06 bits per heavy atom. The van der Waals surface area contributed by atoms with E-state index >= 15 is 0 Å². The van der Waals surface area contributed by atoms with Gasteiger partial charge in [-0.1, -0.05) is 73.1 Å². The number of rotatable bonds is 12. The van der Waals surface area contributed by atoms with E-state index in [0.29, 0.717) is 43.0 Å². The second-order valence-electron chi connectivity index (χ2n) is 8.74. The summed E-state index contributed by atoms with van der Waals surface area (Å²) in [5.74, 6) is -0.174. The molecule has 3 rings (SSSR count). The van der Waals surface area contributed by atoms with Crippen LogP contribution in [0.4, 0.5) is 13.2 Å². The number of hydrogen-bond acceptors (Lipinski definition) is 3. The summed E-state index contributed by atoms with van der Waals surface area (Å²) in [6.45, 7) is 3.95. The molecule has 0 bridgehead atoms. The van der Waals surface area contributed by atoms with Crippen LogP contribution in [0.5, 0.6) is 5.75 Å². The summed E-state index contributed by atoms with van der Waals surface area (Å²) in [6, 6.07) is 20.9. The number of benzene rings is 3. The van der Waals surface area contributed by atoms with Gasteiger partial charge in [-0.3, -0.25) is 9.69 Å². The van der Waals surface area contributed by atoms with E-state index in [2.05, 4.69) is 11.8 Å². The molecule has 3 aromatic carbocycles. The van der Waals surface area contributed by atoms with Gasteiger partial charge in [0, 0.05) is 19.6 Å². The van der Waals surface area contributed by atoms with Gasteiger partial charge in [0.25, 0.3) is 0 Å². The number of carbonyl (C=O) groups is 1. The molecule has 192 valence electrons. The highest BCUT2D eigenvalue weighted by atomic mass is 35.5. The molecule has 1 N–H and O–H groups in total. The fraction of sp³-hybridized carbons (Fsp3) is 0.321. The topological polar surface area (TPSA) is 49.8 Å². The maximum Gasteiger partial charge on any atom is 0.417 e. The number of ether oxygens (including phenoxy) is 1. The quantitative estimate of drug-likeness (QED) is 0.260. The molecule has 0 aromatic heterocycles. The van der Waals surface area contributed by atoms with Gasteiger partial charge >= 0.3 is 12.1 Å². The van der Waals surface area contributed by atoms with Gasteiger partial charge in [-0.25, -0.2) is 0 Å². The standard InChI is InChI=1S/C28H29ClF3NO3/c1-20(22-9-3-2-4-10-22)18-33(19-23-11-6-13-25(27(23)29)28(30,31)32)14-7-15-36-24-12-5-8-21(16-24)17-26(34)35/h2-6,8-13,16,20H,7,14-15,17-19H2,1H3,(H,34,35)/t20-/m0/s1. The second-order valence-corrected chi connectivity index (χ2v) is 9.12. The first-order valence-electron chi connectivity index (χ1n) is 11.7. The van der Waals surface area contributed by atoms with Gasteiger partial charge < -0.3 is 9.84 Å². The van der Waals surface area contributed by atoms with Crippen molar-refractivity contribution >= 4 is 17.6 Å². The lowest BCUT2D eigenvalue weighted by molar-refractivity contribution is -0.138. The summed E-state index contributed by atoms with van der Waals surface area (Å²) in [5, 5.41) is 8.70. The average molecular weight is 520 g/mol. The van der Waals surface area contributed by atoms with Crippen molar-refractivity contribution in [1.82, 2.24) is 4.90 Å². The molecule has 0 radical (unpaired) electrons. The van der Waals surface area contributed by atoms with Crippen molar-refractivity contribution in [2.24, 2.45) is 0 Å². The predicted octanol–water partition coefficient (Wildman–Crippen LogP) is 7.06. The smallest absolute Gasteiger partial charge is 0.417 e. The van der Waals surface area contributed by atoms with Crippen LogP contribution in [0.2, 0.25) is 5.02 Å². The molecular formula is C28H29ClF3NO3. The van der Waals surface area contributed by atoms with Crippen molar-refractivity contribution in [3.63, 3.8) is 0 Å². The maximum atomic E-state index is 13.4. The van der Waals surface area contributed by atoms with Crippen molar-refractivity contribution in [3.05, 3.63) is 100 Å². The van der Waals surface area contributed by atoms with Crippen molar-refractivity contribution in [1.29, 1.82) is 0 Å².